The van der Waals surface area contributed by atoms with E-state index in [1.807, 2.05) is 12.4 Å². The Labute approximate surface area is 154 Å². The van der Waals surface area contributed by atoms with Gasteiger partial charge in [0, 0.05) is 5.69 Å². The Hall–Kier alpha value is -2.17. The van der Waals surface area contributed by atoms with E-state index in [1.54, 1.807) is 6.33 Å². The third-order valence-corrected chi connectivity index (χ3v) is 7.14. The molecule has 4 aliphatic rings. The fraction of sp³-hybridized carbons (Fsp3) is 0.571. The summed E-state index contributed by atoms with van der Waals surface area (Å²) in [5.74, 6) is 1.47. The number of aryl methyl sites for hydroxylation is 2. The summed E-state index contributed by atoms with van der Waals surface area (Å²) >= 11 is 0. The van der Waals surface area contributed by atoms with E-state index in [2.05, 4.69) is 46.1 Å². The van der Waals surface area contributed by atoms with E-state index >= 15 is 0 Å². The van der Waals surface area contributed by atoms with Gasteiger partial charge in [-0.05, 0) is 75.3 Å². The van der Waals surface area contributed by atoms with E-state index in [0.717, 1.165) is 48.9 Å². The second-order valence-electron chi connectivity index (χ2n) is 9.03. The van der Waals surface area contributed by atoms with E-state index in [0.29, 0.717) is 11.8 Å². The summed E-state index contributed by atoms with van der Waals surface area (Å²) in [6.07, 6.45) is 9.98. The van der Waals surface area contributed by atoms with Crippen molar-refractivity contribution < 1.29 is 4.79 Å². The van der Waals surface area contributed by atoms with E-state index < -0.39 is 0 Å². The van der Waals surface area contributed by atoms with Crippen molar-refractivity contribution in [3.05, 3.63) is 42.0 Å². The molecule has 2 atom stereocenters. The average molecular weight is 350 g/mol. The first-order valence-corrected chi connectivity index (χ1v) is 9.73. The standard InChI is InChI=1S/C21H26N4O/c1-14-4-3-5-15(2)18(14)24-19(26)20-7-16-6-17(8-20)10-21(9-16,11-20)25-13-22-12-23-25/h3-5,12-13,16-17H,6-11H2,1-2H3,(H,24,26)/t16-,17-,20?,21?/m0/s1. The fourth-order valence-electron chi connectivity index (χ4n) is 6.46. The normalized spacial score (nSPS) is 34.8. The summed E-state index contributed by atoms with van der Waals surface area (Å²) in [4.78, 5) is 17.7. The fourth-order valence-corrected chi connectivity index (χ4v) is 6.46. The van der Waals surface area contributed by atoms with Gasteiger partial charge >= 0.3 is 0 Å². The first-order chi connectivity index (χ1) is 12.5. The monoisotopic (exact) mass is 350 g/mol. The second-order valence-corrected chi connectivity index (χ2v) is 9.03. The molecule has 0 unspecified atom stereocenters. The smallest absolute Gasteiger partial charge is 0.230 e. The molecular formula is C21H26N4O. The third kappa shape index (κ3) is 2.25. The maximum Gasteiger partial charge on any atom is 0.230 e. The van der Waals surface area contributed by atoms with E-state index in [1.165, 1.54) is 6.42 Å². The molecule has 6 rings (SSSR count). The lowest BCUT2D eigenvalue weighted by Crippen LogP contribution is -2.60. The van der Waals surface area contributed by atoms with Crippen LogP contribution in [-0.4, -0.2) is 20.7 Å². The zero-order chi connectivity index (χ0) is 17.9. The zero-order valence-electron chi connectivity index (χ0n) is 15.5. The molecule has 4 aliphatic carbocycles. The highest BCUT2D eigenvalue weighted by Gasteiger charge is 2.61. The van der Waals surface area contributed by atoms with Gasteiger partial charge in [-0.1, -0.05) is 18.2 Å². The lowest BCUT2D eigenvalue weighted by atomic mass is 9.46. The molecule has 1 amide bonds. The Bertz CT molecular complexity index is 823. The highest BCUT2D eigenvalue weighted by atomic mass is 16.2. The first kappa shape index (κ1) is 16.0. The highest BCUT2D eigenvalue weighted by Crippen LogP contribution is 2.64. The minimum Gasteiger partial charge on any atom is -0.325 e. The Balaban J connectivity index is 1.49. The molecule has 136 valence electrons. The molecule has 1 heterocycles. The maximum absolute atomic E-state index is 13.5. The van der Waals surface area contributed by atoms with Gasteiger partial charge in [0.05, 0.1) is 11.0 Å². The third-order valence-electron chi connectivity index (χ3n) is 7.14. The topological polar surface area (TPSA) is 59.8 Å². The number of para-hydroxylation sites is 1. The van der Waals surface area contributed by atoms with Gasteiger partial charge in [-0.25, -0.2) is 9.67 Å². The van der Waals surface area contributed by atoms with Crippen LogP contribution in [0.1, 0.15) is 49.7 Å². The molecule has 5 heteroatoms. The number of hydrogen-bond acceptors (Lipinski definition) is 3. The number of nitrogens with zero attached hydrogens (tertiary/aromatic N) is 3. The molecule has 4 fully saturated rings. The highest BCUT2D eigenvalue weighted by molar-refractivity contribution is 5.97. The van der Waals surface area contributed by atoms with Gasteiger partial charge < -0.3 is 5.32 Å². The van der Waals surface area contributed by atoms with Crippen molar-refractivity contribution in [3.8, 4) is 0 Å². The van der Waals surface area contributed by atoms with Crippen LogP contribution in [0.5, 0.6) is 0 Å². The number of amides is 1. The zero-order valence-corrected chi connectivity index (χ0v) is 15.5. The van der Waals surface area contributed by atoms with Gasteiger partial charge in [0.1, 0.15) is 12.7 Å². The van der Waals surface area contributed by atoms with Gasteiger partial charge in [-0.2, -0.15) is 5.10 Å². The van der Waals surface area contributed by atoms with Crippen molar-refractivity contribution in [2.24, 2.45) is 17.3 Å². The summed E-state index contributed by atoms with van der Waals surface area (Å²) in [6, 6.07) is 6.18. The molecule has 0 aliphatic heterocycles. The predicted octanol–water partition coefficient (Wildman–Crippen LogP) is 3.83. The number of hydrogen-bond donors (Lipinski definition) is 1. The van der Waals surface area contributed by atoms with Crippen LogP contribution in [0.4, 0.5) is 5.69 Å². The van der Waals surface area contributed by atoms with Gasteiger partial charge in [0.25, 0.3) is 0 Å². The Morgan fingerprint density at radius 3 is 2.46 bits per heavy atom. The van der Waals surface area contributed by atoms with Crippen molar-refractivity contribution in [1.29, 1.82) is 0 Å². The van der Waals surface area contributed by atoms with E-state index in [9.17, 15) is 4.79 Å². The summed E-state index contributed by atoms with van der Waals surface area (Å²) in [5, 5.41) is 7.80. The molecule has 2 aromatic rings. The quantitative estimate of drug-likeness (QED) is 0.915. The van der Waals surface area contributed by atoms with Crippen LogP contribution in [0.3, 0.4) is 0 Å². The summed E-state index contributed by atoms with van der Waals surface area (Å²) in [7, 11) is 0. The summed E-state index contributed by atoms with van der Waals surface area (Å²) in [5.41, 5.74) is 2.98. The Morgan fingerprint density at radius 1 is 1.15 bits per heavy atom. The summed E-state index contributed by atoms with van der Waals surface area (Å²) < 4.78 is 2.06. The maximum atomic E-state index is 13.5. The van der Waals surface area contributed by atoms with Crippen LogP contribution in [-0.2, 0) is 10.3 Å². The van der Waals surface area contributed by atoms with Crippen LogP contribution in [0.25, 0.3) is 0 Å². The molecule has 4 saturated carbocycles. The van der Waals surface area contributed by atoms with E-state index in [4.69, 9.17) is 0 Å². The van der Waals surface area contributed by atoms with Crippen LogP contribution < -0.4 is 5.32 Å². The molecule has 0 spiro atoms. The Morgan fingerprint density at radius 2 is 1.85 bits per heavy atom. The van der Waals surface area contributed by atoms with Crippen molar-refractivity contribution in [2.75, 3.05) is 5.32 Å². The number of nitrogens with one attached hydrogen (secondary N) is 1. The Kier molecular flexibility index (Phi) is 3.34. The largest absolute Gasteiger partial charge is 0.325 e. The van der Waals surface area contributed by atoms with Gasteiger partial charge in [-0.15, -0.1) is 0 Å². The molecule has 0 radical (unpaired) electrons. The minimum absolute atomic E-state index is 0.0152. The first-order valence-electron chi connectivity index (χ1n) is 9.73. The molecule has 1 aromatic carbocycles. The van der Waals surface area contributed by atoms with Crippen molar-refractivity contribution in [1.82, 2.24) is 14.8 Å². The summed E-state index contributed by atoms with van der Waals surface area (Å²) in [6.45, 7) is 4.14. The minimum atomic E-state index is -0.259. The van der Waals surface area contributed by atoms with Crippen molar-refractivity contribution in [3.63, 3.8) is 0 Å². The van der Waals surface area contributed by atoms with Crippen LogP contribution in [0.15, 0.2) is 30.9 Å². The van der Waals surface area contributed by atoms with E-state index in [-0.39, 0.29) is 16.9 Å². The van der Waals surface area contributed by atoms with Crippen molar-refractivity contribution in [2.45, 2.75) is 57.9 Å². The molecule has 0 saturated heterocycles. The molecular weight excluding hydrogens is 324 g/mol. The molecule has 1 N–H and O–H groups in total. The predicted molar refractivity (Wildman–Crippen MR) is 99.7 cm³/mol. The number of carbonyl (C=O) groups is 1. The number of anilines is 1. The van der Waals surface area contributed by atoms with Gasteiger partial charge in [0.2, 0.25) is 5.91 Å². The van der Waals surface area contributed by atoms with Gasteiger partial charge in [-0.3, -0.25) is 4.79 Å². The number of carbonyl (C=O) groups excluding carboxylic acids is 1. The SMILES string of the molecule is Cc1cccc(C)c1NC(=O)C12C[C@@H]3C[C@@H](C1)CC(n1cncn1)(C3)C2. The number of rotatable bonds is 3. The molecule has 4 bridgehead atoms. The van der Waals surface area contributed by atoms with Crippen LogP contribution in [0.2, 0.25) is 0 Å². The lowest BCUT2D eigenvalue weighted by molar-refractivity contribution is -0.150. The second kappa shape index (κ2) is 5.41. The number of benzene rings is 1. The lowest BCUT2D eigenvalue weighted by Gasteiger charge is -2.60. The van der Waals surface area contributed by atoms with Crippen molar-refractivity contribution >= 4 is 11.6 Å². The molecule has 26 heavy (non-hydrogen) atoms. The van der Waals surface area contributed by atoms with Crippen LogP contribution in [0, 0.1) is 31.1 Å². The van der Waals surface area contributed by atoms with Gasteiger partial charge in [0.15, 0.2) is 0 Å². The molecule has 1 aromatic heterocycles. The van der Waals surface area contributed by atoms with Crippen LogP contribution >= 0.6 is 0 Å². The molecule has 5 nitrogen and oxygen atoms in total. The average Bonchev–Trinajstić information content (AvgIpc) is 3.12. The number of aromatic nitrogens is 3.